The summed E-state index contributed by atoms with van der Waals surface area (Å²) in [4.78, 5) is 38.0. The number of carbonyl (C=O) groups is 3. The summed E-state index contributed by atoms with van der Waals surface area (Å²) in [5, 5.41) is 11.3. The summed E-state index contributed by atoms with van der Waals surface area (Å²) in [7, 11) is 0. The van der Waals surface area contributed by atoms with E-state index >= 15 is 0 Å². The Kier molecular flexibility index (Phi) is 6.84. The van der Waals surface area contributed by atoms with E-state index in [-0.39, 0.29) is 30.4 Å². The van der Waals surface area contributed by atoms with E-state index in [1.165, 1.54) is 5.01 Å². The summed E-state index contributed by atoms with van der Waals surface area (Å²) in [6, 6.07) is 12.6. The predicted molar refractivity (Wildman–Crippen MR) is 122 cm³/mol. The van der Waals surface area contributed by atoms with Crippen molar-refractivity contribution >= 4 is 34.8 Å². The van der Waals surface area contributed by atoms with Crippen molar-refractivity contribution in [2.45, 2.75) is 40.5 Å². The van der Waals surface area contributed by atoms with Gasteiger partial charge >= 0.3 is 0 Å². The van der Waals surface area contributed by atoms with Crippen molar-refractivity contribution in [1.82, 2.24) is 5.32 Å². The van der Waals surface area contributed by atoms with Crippen molar-refractivity contribution in [3.63, 3.8) is 0 Å². The van der Waals surface area contributed by atoms with Crippen molar-refractivity contribution in [2.75, 3.05) is 16.9 Å². The molecule has 3 amide bonds. The van der Waals surface area contributed by atoms with Gasteiger partial charge in [-0.25, -0.2) is 5.01 Å². The summed E-state index contributed by atoms with van der Waals surface area (Å²) < 4.78 is 0. The lowest BCUT2D eigenvalue weighted by molar-refractivity contribution is -0.118. The number of hydrogen-bond donors (Lipinski definition) is 2. The topological polar surface area (TPSA) is 90.9 Å². The first kappa shape index (κ1) is 22.2. The standard InChI is InChI=1S/C24H28N4O3/c1-15(2)14-25-23(30)18-7-5-6-8-19(18)26-24(31)20-11-12-22(29)28(27-20)21-13-16(3)9-10-17(21)4/h5-10,13,15H,11-12,14H2,1-4H3,(H,25,30)(H,26,31). The van der Waals surface area contributed by atoms with Crippen molar-refractivity contribution in [2.24, 2.45) is 11.0 Å². The highest BCUT2D eigenvalue weighted by Gasteiger charge is 2.27. The lowest BCUT2D eigenvalue weighted by Crippen LogP contribution is -2.37. The second-order valence-corrected chi connectivity index (χ2v) is 8.15. The van der Waals surface area contributed by atoms with Crippen LogP contribution < -0.4 is 15.6 Å². The molecule has 2 aromatic carbocycles. The molecule has 1 heterocycles. The molecule has 0 saturated heterocycles. The zero-order chi connectivity index (χ0) is 22.5. The first-order chi connectivity index (χ1) is 14.8. The van der Waals surface area contributed by atoms with Gasteiger partial charge in [0, 0.05) is 19.4 Å². The van der Waals surface area contributed by atoms with Crippen molar-refractivity contribution in [3.05, 3.63) is 59.2 Å². The van der Waals surface area contributed by atoms with E-state index in [1.54, 1.807) is 24.3 Å². The number of carbonyl (C=O) groups excluding carboxylic acids is 3. The van der Waals surface area contributed by atoms with Gasteiger partial charge in [0.1, 0.15) is 5.71 Å². The molecule has 1 aliphatic heterocycles. The highest BCUT2D eigenvalue weighted by atomic mass is 16.2. The summed E-state index contributed by atoms with van der Waals surface area (Å²) in [5.41, 5.74) is 3.61. The van der Waals surface area contributed by atoms with E-state index in [9.17, 15) is 14.4 Å². The fourth-order valence-corrected chi connectivity index (χ4v) is 3.23. The number of hydrogen-bond acceptors (Lipinski definition) is 4. The molecule has 0 aliphatic carbocycles. The largest absolute Gasteiger partial charge is 0.352 e. The number of aryl methyl sites for hydroxylation is 2. The van der Waals surface area contributed by atoms with Crippen molar-refractivity contribution < 1.29 is 14.4 Å². The van der Waals surface area contributed by atoms with E-state index in [1.807, 2.05) is 45.9 Å². The minimum absolute atomic E-state index is 0.154. The molecule has 0 atom stereocenters. The molecule has 2 aromatic rings. The zero-order valence-electron chi connectivity index (χ0n) is 18.4. The molecule has 0 aromatic heterocycles. The van der Waals surface area contributed by atoms with E-state index < -0.39 is 5.91 Å². The second kappa shape index (κ2) is 9.55. The fourth-order valence-electron chi connectivity index (χ4n) is 3.23. The van der Waals surface area contributed by atoms with Gasteiger partial charge in [-0.1, -0.05) is 38.1 Å². The van der Waals surface area contributed by atoms with Gasteiger partial charge in [-0.15, -0.1) is 0 Å². The van der Waals surface area contributed by atoms with Crippen LogP contribution in [0, 0.1) is 19.8 Å². The van der Waals surface area contributed by atoms with Gasteiger partial charge in [0.25, 0.3) is 11.8 Å². The number of nitrogens with one attached hydrogen (secondary N) is 2. The minimum Gasteiger partial charge on any atom is -0.352 e. The lowest BCUT2D eigenvalue weighted by Gasteiger charge is -2.25. The molecular formula is C24H28N4O3. The molecule has 2 N–H and O–H groups in total. The van der Waals surface area contributed by atoms with Crippen LogP contribution in [0.4, 0.5) is 11.4 Å². The third-order valence-corrected chi connectivity index (χ3v) is 4.98. The smallest absolute Gasteiger partial charge is 0.271 e. The first-order valence-corrected chi connectivity index (χ1v) is 10.4. The highest BCUT2D eigenvalue weighted by Crippen LogP contribution is 2.26. The highest BCUT2D eigenvalue weighted by molar-refractivity contribution is 6.44. The first-order valence-electron chi connectivity index (χ1n) is 10.4. The normalized spacial score (nSPS) is 13.8. The average Bonchev–Trinajstić information content (AvgIpc) is 2.74. The molecule has 7 heteroatoms. The number of rotatable bonds is 6. The molecule has 0 fully saturated rings. The Balaban J connectivity index is 1.83. The number of nitrogens with zero attached hydrogens (tertiary/aromatic N) is 2. The Bertz CT molecular complexity index is 1040. The molecule has 31 heavy (non-hydrogen) atoms. The Morgan fingerprint density at radius 3 is 2.55 bits per heavy atom. The summed E-state index contributed by atoms with van der Waals surface area (Å²) >= 11 is 0. The van der Waals surface area contributed by atoms with Crippen molar-refractivity contribution in [1.29, 1.82) is 0 Å². The Morgan fingerprint density at radius 1 is 1.06 bits per heavy atom. The quantitative estimate of drug-likeness (QED) is 0.744. The maximum atomic E-state index is 12.9. The van der Waals surface area contributed by atoms with Crippen LogP contribution in [0.1, 0.15) is 48.2 Å². The molecule has 0 saturated carbocycles. The van der Waals surface area contributed by atoms with Gasteiger partial charge < -0.3 is 10.6 Å². The fraction of sp³-hybridized carbons (Fsp3) is 0.333. The number of anilines is 2. The summed E-state index contributed by atoms with van der Waals surface area (Å²) in [5.74, 6) is -0.510. The molecule has 162 valence electrons. The maximum absolute atomic E-state index is 12.9. The number of para-hydroxylation sites is 1. The van der Waals surface area contributed by atoms with Gasteiger partial charge in [0.15, 0.2) is 0 Å². The molecule has 7 nitrogen and oxygen atoms in total. The third-order valence-electron chi connectivity index (χ3n) is 4.98. The van der Waals surface area contributed by atoms with Crippen LogP contribution in [0.25, 0.3) is 0 Å². The molecule has 1 aliphatic rings. The van der Waals surface area contributed by atoms with Gasteiger partial charge in [-0.2, -0.15) is 5.10 Å². The van der Waals surface area contributed by atoms with Gasteiger partial charge in [-0.05, 0) is 49.1 Å². The molecular weight excluding hydrogens is 392 g/mol. The minimum atomic E-state index is -0.424. The predicted octanol–water partition coefficient (Wildman–Crippen LogP) is 3.81. The van der Waals surface area contributed by atoms with Crippen molar-refractivity contribution in [3.8, 4) is 0 Å². The van der Waals surface area contributed by atoms with Crippen LogP contribution in [0.2, 0.25) is 0 Å². The van der Waals surface area contributed by atoms with Crippen LogP contribution in [0.3, 0.4) is 0 Å². The molecule has 0 bridgehead atoms. The third kappa shape index (κ3) is 5.36. The SMILES string of the molecule is Cc1ccc(C)c(N2N=C(C(=O)Nc3ccccc3C(=O)NCC(C)C)CCC2=O)c1. The van der Waals surface area contributed by atoms with Crippen LogP contribution in [0.5, 0.6) is 0 Å². The van der Waals surface area contributed by atoms with Gasteiger partial charge in [0.05, 0.1) is 16.9 Å². The Hall–Kier alpha value is -3.48. The van der Waals surface area contributed by atoms with Crippen LogP contribution in [-0.2, 0) is 9.59 Å². The number of hydrazone groups is 1. The number of benzene rings is 2. The molecule has 0 spiro atoms. The van der Waals surface area contributed by atoms with E-state index in [0.29, 0.717) is 29.4 Å². The summed E-state index contributed by atoms with van der Waals surface area (Å²) in [6.07, 6.45) is 0.434. The Morgan fingerprint density at radius 2 is 1.81 bits per heavy atom. The average molecular weight is 421 g/mol. The van der Waals surface area contributed by atoms with Gasteiger partial charge in [-0.3, -0.25) is 14.4 Å². The van der Waals surface area contributed by atoms with Crippen LogP contribution >= 0.6 is 0 Å². The molecule has 0 radical (unpaired) electrons. The molecule has 3 rings (SSSR count). The lowest BCUT2D eigenvalue weighted by atomic mass is 10.1. The second-order valence-electron chi connectivity index (χ2n) is 8.15. The van der Waals surface area contributed by atoms with E-state index in [4.69, 9.17) is 0 Å². The monoisotopic (exact) mass is 420 g/mol. The maximum Gasteiger partial charge on any atom is 0.271 e. The summed E-state index contributed by atoms with van der Waals surface area (Å²) in [6.45, 7) is 8.41. The number of amides is 3. The van der Waals surface area contributed by atoms with Gasteiger partial charge in [0.2, 0.25) is 5.91 Å². The van der Waals surface area contributed by atoms with E-state index in [2.05, 4.69) is 15.7 Å². The van der Waals surface area contributed by atoms with Crippen LogP contribution in [0.15, 0.2) is 47.6 Å². The van der Waals surface area contributed by atoms with E-state index in [0.717, 1.165) is 11.1 Å². The zero-order valence-corrected chi connectivity index (χ0v) is 18.4. The van der Waals surface area contributed by atoms with Crippen LogP contribution in [-0.4, -0.2) is 30.0 Å². The Labute approximate surface area is 182 Å². The molecule has 0 unspecified atom stereocenters.